The summed E-state index contributed by atoms with van der Waals surface area (Å²) >= 11 is 0. The van der Waals surface area contributed by atoms with Gasteiger partial charge >= 0.3 is 11.9 Å². The van der Waals surface area contributed by atoms with Crippen LogP contribution in [0.5, 0.6) is 0 Å². The topological polar surface area (TPSA) is 52.6 Å². The molecule has 1 aliphatic rings. The Morgan fingerprint density at radius 3 is 1.81 bits per heavy atom. The van der Waals surface area contributed by atoms with E-state index in [2.05, 4.69) is 0 Å². The fraction of sp³-hybridized carbons (Fsp3) is 0.765. The first kappa shape index (κ1) is 17.7. The Morgan fingerprint density at radius 2 is 1.38 bits per heavy atom. The molecule has 4 heteroatoms. The maximum Gasteiger partial charge on any atom is 0.335 e. The normalized spacial score (nSPS) is 17.7. The predicted molar refractivity (Wildman–Crippen MR) is 81.7 cm³/mol. The number of carbonyl (C=O) groups is 2. The van der Waals surface area contributed by atoms with Gasteiger partial charge in [0.1, 0.15) is 11.2 Å². The second kappa shape index (κ2) is 6.63. The van der Waals surface area contributed by atoms with Gasteiger partial charge < -0.3 is 9.47 Å². The molecule has 0 amide bonds. The summed E-state index contributed by atoms with van der Waals surface area (Å²) in [7, 11) is 0. The van der Waals surface area contributed by atoms with Crippen LogP contribution in [-0.4, -0.2) is 23.1 Å². The predicted octanol–water partition coefficient (Wildman–Crippen LogP) is 3.79. The van der Waals surface area contributed by atoms with Crippen molar-refractivity contribution < 1.29 is 19.1 Å². The van der Waals surface area contributed by atoms with E-state index in [1.54, 1.807) is 0 Å². The fourth-order valence-corrected chi connectivity index (χ4v) is 2.38. The van der Waals surface area contributed by atoms with Crippen molar-refractivity contribution in [2.75, 3.05) is 0 Å². The van der Waals surface area contributed by atoms with E-state index in [4.69, 9.17) is 9.47 Å². The summed E-state index contributed by atoms with van der Waals surface area (Å²) in [5.41, 5.74) is -0.679. The molecule has 0 spiro atoms. The van der Waals surface area contributed by atoms with E-state index in [-0.39, 0.29) is 5.92 Å². The number of hydrogen-bond acceptors (Lipinski definition) is 4. The van der Waals surface area contributed by atoms with Crippen molar-refractivity contribution in [3.05, 3.63) is 11.6 Å². The Balaban J connectivity index is 2.91. The van der Waals surface area contributed by atoms with Crippen molar-refractivity contribution in [1.82, 2.24) is 0 Å². The van der Waals surface area contributed by atoms with Crippen LogP contribution in [0.3, 0.4) is 0 Å². The SMILES string of the molecule is CC(C)(C)OC(=O)/C=C(\C(=O)OC(C)(C)C)C1CCCC1. The van der Waals surface area contributed by atoms with Gasteiger partial charge in [-0.2, -0.15) is 0 Å². The summed E-state index contributed by atoms with van der Waals surface area (Å²) in [4.78, 5) is 24.3. The van der Waals surface area contributed by atoms with Crippen LogP contribution >= 0.6 is 0 Å². The van der Waals surface area contributed by atoms with Crippen molar-refractivity contribution >= 4 is 11.9 Å². The summed E-state index contributed by atoms with van der Waals surface area (Å²) in [5.74, 6) is -0.775. The number of rotatable bonds is 3. The van der Waals surface area contributed by atoms with E-state index < -0.39 is 23.1 Å². The number of carbonyl (C=O) groups excluding carboxylic acids is 2. The molecule has 0 saturated heterocycles. The van der Waals surface area contributed by atoms with E-state index in [1.165, 1.54) is 6.08 Å². The molecule has 21 heavy (non-hydrogen) atoms. The maximum absolute atomic E-state index is 12.3. The second-order valence-electron chi connectivity index (χ2n) is 7.62. The van der Waals surface area contributed by atoms with E-state index in [0.717, 1.165) is 25.7 Å². The molecule has 120 valence electrons. The third kappa shape index (κ3) is 6.78. The first-order chi connectivity index (χ1) is 9.48. The molecule has 0 aliphatic heterocycles. The van der Waals surface area contributed by atoms with E-state index >= 15 is 0 Å². The smallest absolute Gasteiger partial charge is 0.335 e. The van der Waals surface area contributed by atoms with Crippen LogP contribution in [0, 0.1) is 5.92 Å². The van der Waals surface area contributed by atoms with Gasteiger partial charge in [0.05, 0.1) is 0 Å². The minimum atomic E-state index is -0.567. The van der Waals surface area contributed by atoms with Crippen molar-refractivity contribution in [2.24, 2.45) is 5.92 Å². The van der Waals surface area contributed by atoms with Crippen molar-refractivity contribution in [3.63, 3.8) is 0 Å². The van der Waals surface area contributed by atoms with Gasteiger partial charge in [-0.25, -0.2) is 9.59 Å². The third-order valence-electron chi connectivity index (χ3n) is 3.11. The van der Waals surface area contributed by atoms with Crippen LogP contribution < -0.4 is 0 Å². The fourth-order valence-electron chi connectivity index (χ4n) is 2.38. The second-order valence-corrected chi connectivity index (χ2v) is 7.62. The number of ether oxygens (including phenoxy) is 2. The summed E-state index contributed by atoms with van der Waals surface area (Å²) < 4.78 is 10.7. The quantitative estimate of drug-likeness (QED) is 0.587. The highest BCUT2D eigenvalue weighted by atomic mass is 16.6. The molecule has 0 aromatic heterocycles. The minimum absolute atomic E-state index is 0.104. The van der Waals surface area contributed by atoms with Crippen molar-refractivity contribution in [2.45, 2.75) is 78.4 Å². The Morgan fingerprint density at radius 1 is 0.905 bits per heavy atom. The molecule has 0 aromatic rings. The van der Waals surface area contributed by atoms with Gasteiger partial charge in [0.25, 0.3) is 0 Å². The highest BCUT2D eigenvalue weighted by molar-refractivity contribution is 5.97. The Labute approximate surface area is 127 Å². The summed E-state index contributed by atoms with van der Waals surface area (Å²) in [6.45, 7) is 10.9. The highest BCUT2D eigenvalue weighted by Crippen LogP contribution is 2.32. The molecular weight excluding hydrogens is 268 g/mol. The minimum Gasteiger partial charge on any atom is -0.457 e. The van der Waals surface area contributed by atoms with E-state index in [0.29, 0.717) is 5.57 Å². The first-order valence-corrected chi connectivity index (χ1v) is 7.66. The lowest BCUT2D eigenvalue weighted by Gasteiger charge is -2.23. The van der Waals surface area contributed by atoms with Crippen LogP contribution in [0.2, 0.25) is 0 Å². The van der Waals surface area contributed by atoms with Gasteiger partial charge in [-0.05, 0) is 60.3 Å². The molecule has 0 radical (unpaired) electrons. The van der Waals surface area contributed by atoms with Crippen molar-refractivity contribution in [1.29, 1.82) is 0 Å². The highest BCUT2D eigenvalue weighted by Gasteiger charge is 2.29. The average Bonchev–Trinajstić information content (AvgIpc) is 2.73. The Bertz CT molecular complexity index is 415. The molecule has 4 nitrogen and oxygen atoms in total. The molecule has 1 saturated carbocycles. The lowest BCUT2D eigenvalue weighted by atomic mass is 9.96. The average molecular weight is 296 g/mol. The molecule has 0 unspecified atom stereocenters. The molecule has 1 rings (SSSR count). The van der Waals surface area contributed by atoms with Gasteiger partial charge in [-0.3, -0.25) is 0 Å². The summed E-state index contributed by atoms with van der Waals surface area (Å²) in [6.07, 6.45) is 5.34. The Kier molecular flexibility index (Phi) is 5.60. The molecule has 1 fully saturated rings. The monoisotopic (exact) mass is 296 g/mol. The molecular formula is C17H28O4. The van der Waals surface area contributed by atoms with Gasteiger partial charge in [0.15, 0.2) is 0 Å². The lowest BCUT2D eigenvalue weighted by molar-refractivity contribution is -0.153. The summed E-state index contributed by atoms with van der Waals surface area (Å²) in [5, 5.41) is 0. The largest absolute Gasteiger partial charge is 0.457 e. The van der Waals surface area contributed by atoms with Crippen LogP contribution in [0.4, 0.5) is 0 Å². The van der Waals surface area contributed by atoms with Gasteiger partial charge in [-0.1, -0.05) is 12.8 Å². The first-order valence-electron chi connectivity index (χ1n) is 7.66. The zero-order valence-corrected chi connectivity index (χ0v) is 14.1. The molecule has 1 aliphatic carbocycles. The zero-order chi connectivity index (χ0) is 16.3. The van der Waals surface area contributed by atoms with Gasteiger partial charge in [0.2, 0.25) is 0 Å². The molecule has 0 N–H and O–H groups in total. The zero-order valence-electron chi connectivity index (χ0n) is 14.1. The molecule has 0 aromatic carbocycles. The molecule has 0 atom stereocenters. The summed E-state index contributed by atoms with van der Waals surface area (Å²) in [6, 6.07) is 0. The third-order valence-corrected chi connectivity index (χ3v) is 3.11. The lowest BCUT2D eigenvalue weighted by Crippen LogP contribution is -2.28. The van der Waals surface area contributed by atoms with Gasteiger partial charge in [0, 0.05) is 11.6 Å². The molecule has 0 bridgehead atoms. The van der Waals surface area contributed by atoms with Crippen LogP contribution in [0.15, 0.2) is 11.6 Å². The standard InChI is InChI=1S/C17H28O4/c1-16(2,3)20-14(18)11-13(12-9-7-8-10-12)15(19)21-17(4,5)6/h11-12H,7-10H2,1-6H3/b13-11-. The van der Waals surface area contributed by atoms with Crippen molar-refractivity contribution in [3.8, 4) is 0 Å². The number of hydrogen-bond donors (Lipinski definition) is 0. The van der Waals surface area contributed by atoms with E-state index in [9.17, 15) is 9.59 Å². The van der Waals surface area contributed by atoms with Crippen LogP contribution in [0.1, 0.15) is 67.2 Å². The van der Waals surface area contributed by atoms with Gasteiger partial charge in [-0.15, -0.1) is 0 Å². The Hall–Kier alpha value is -1.32. The van der Waals surface area contributed by atoms with E-state index in [1.807, 2.05) is 41.5 Å². The van der Waals surface area contributed by atoms with Crippen LogP contribution in [-0.2, 0) is 19.1 Å². The maximum atomic E-state index is 12.3. The van der Waals surface area contributed by atoms with Crippen LogP contribution in [0.25, 0.3) is 0 Å². The number of esters is 2. The molecule has 0 heterocycles.